The number of hydrogen-bond acceptors (Lipinski definition) is 7. The normalized spacial score (nSPS) is 17.1. The zero-order valence-corrected chi connectivity index (χ0v) is 21.4. The Bertz CT molecular complexity index is 1380. The van der Waals surface area contributed by atoms with E-state index in [1.165, 1.54) is 0 Å². The van der Waals surface area contributed by atoms with Crippen LogP contribution in [-0.4, -0.2) is 19.4 Å². The molecule has 3 aromatic rings. The van der Waals surface area contributed by atoms with Crippen LogP contribution in [-0.2, 0) is 29.3 Å². The first-order chi connectivity index (χ1) is 17.0. The molecule has 6 rings (SSSR count). The molecule has 0 bridgehead atoms. The lowest BCUT2D eigenvalue weighted by Gasteiger charge is -2.21. The van der Waals surface area contributed by atoms with Gasteiger partial charge in [-0.05, 0) is 42.5 Å². The van der Waals surface area contributed by atoms with Crippen molar-refractivity contribution < 1.29 is 33.2 Å². The van der Waals surface area contributed by atoms with E-state index in [1.54, 1.807) is 24.3 Å². The summed E-state index contributed by atoms with van der Waals surface area (Å²) < 4.78 is 35.8. The van der Waals surface area contributed by atoms with Crippen LogP contribution < -0.4 is 18.9 Å². The van der Waals surface area contributed by atoms with Gasteiger partial charge in [0.15, 0.2) is 19.3 Å². The molecule has 3 aliphatic rings. The van der Waals surface area contributed by atoms with Crippen LogP contribution in [0.5, 0.6) is 23.0 Å². The van der Waals surface area contributed by atoms with Crippen LogP contribution in [0.3, 0.4) is 0 Å². The smallest absolute Gasteiger partial charge is 0.231 e. The molecule has 0 N–H and O–H groups in total. The Morgan fingerprint density at radius 2 is 1.60 bits per heavy atom. The number of rotatable bonds is 4. The molecule has 3 aromatic carbocycles. The molecule has 7 nitrogen and oxygen atoms in total. The molecule has 0 radical (unpaired) electrons. The molecule has 3 heterocycles. The van der Waals surface area contributed by atoms with Gasteiger partial charge in [0.25, 0.3) is 0 Å². The van der Waals surface area contributed by atoms with Crippen LogP contribution in [0.4, 0.5) is 0 Å². The number of allylic oxidation sites excluding steroid dienone is 1. The van der Waals surface area contributed by atoms with Crippen molar-refractivity contribution in [1.82, 2.24) is 0 Å². The molecule has 0 amide bonds. The average Bonchev–Trinajstić information content (AvgIpc) is 3.16. The van der Waals surface area contributed by atoms with E-state index < -0.39 is 0 Å². The van der Waals surface area contributed by atoms with Gasteiger partial charge in [-0.1, -0.05) is 31.9 Å². The molecule has 0 saturated carbocycles. The first kappa shape index (κ1) is 22.6. The van der Waals surface area contributed by atoms with Gasteiger partial charge >= 0.3 is 0 Å². The summed E-state index contributed by atoms with van der Waals surface area (Å²) in [4.78, 5) is 13.0. The van der Waals surface area contributed by atoms with Crippen molar-refractivity contribution in [2.75, 3.05) is 13.6 Å². The third-order valence-corrected chi connectivity index (χ3v) is 6.69. The van der Waals surface area contributed by atoms with Gasteiger partial charge < -0.3 is 28.4 Å². The largest absolute Gasteiger partial charge is 0.489 e. The molecule has 35 heavy (non-hydrogen) atoms. The highest BCUT2D eigenvalue weighted by atomic mass is 79.9. The van der Waals surface area contributed by atoms with Crippen LogP contribution >= 0.6 is 31.9 Å². The van der Waals surface area contributed by atoms with Crippen LogP contribution in [0.15, 0.2) is 57.2 Å². The first-order valence-electron chi connectivity index (χ1n) is 10.8. The summed E-state index contributed by atoms with van der Waals surface area (Å²) in [6.07, 6.45) is 1.70. The SMILES string of the molecule is O=C1/C(=C/c2cc(Br)cc3c2OCOC3)Oc2cc(OCc3cc(Br)cc4c3OCOC4)ccc21. The number of benzene rings is 3. The van der Waals surface area contributed by atoms with Gasteiger partial charge in [0.05, 0.1) is 18.8 Å². The molecule has 0 atom stereocenters. The molecular formula is C26H18Br2O7. The van der Waals surface area contributed by atoms with Gasteiger partial charge in [-0.2, -0.15) is 0 Å². The Balaban J connectivity index is 1.24. The minimum absolute atomic E-state index is 0.166. The maximum absolute atomic E-state index is 13.0. The highest BCUT2D eigenvalue weighted by Crippen LogP contribution is 2.39. The van der Waals surface area contributed by atoms with E-state index in [0.29, 0.717) is 42.6 Å². The molecule has 0 spiro atoms. The molecule has 178 valence electrons. The van der Waals surface area contributed by atoms with Crippen LogP contribution in [0, 0.1) is 0 Å². The number of fused-ring (bicyclic) bond motifs is 3. The van der Waals surface area contributed by atoms with E-state index in [9.17, 15) is 4.79 Å². The van der Waals surface area contributed by atoms with Crippen LogP contribution in [0.25, 0.3) is 6.08 Å². The number of halogens is 2. The van der Waals surface area contributed by atoms with E-state index in [1.807, 2.05) is 24.3 Å². The molecule has 0 fully saturated rings. The molecule has 0 unspecified atom stereocenters. The van der Waals surface area contributed by atoms with Gasteiger partial charge in [0, 0.05) is 37.3 Å². The van der Waals surface area contributed by atoms with Crippen molar-refractivity contribution >= 4 is 43.7 Å². The molecule has 3 aliphatic heterocycles. The standard InChI is InChI=1S/C26H18Br2O7/c27-18-3-14(25-15(4-18)9-30-12-33-25)7-23-24(29)21-2-1-20(8-22(21)35-23)32-11-17-6-19(28)5-16-10-31-13-34-26(16)17/h1-8H,9-13H2/b23-7-. The van der Waals surface area contributed by atoms with E-state index in [0.717, 1.165) is 36.9 Å². The van der Waals surface area contributed by atoms with Crippen molar-refractivity contribution in [3.05, 3.63) is 85.0 Å². The Hall–Kier alpha value is -2.85. The van der Waals surface area contributed by atoms with Crippen molar-refractivity contribution in [2.45, 2.75) is 19.8 Å². The fraction of sp³-hybridized carbons (Fsp3) is 0.192. The first-order valence-corrected chi connectivity index (χ1v) is 12.4. The number of ketones is 1. The number of ether oxygens (including phenoxy) is 6. The van der Waals surface area contributed by atoms with Gasteiger partial charge in [0.2, 0.25) is 5.78 Å². The maximum Gasteiger partial charge on any atom is 0.231 e. The summed E-state index contributed by atoms with van der Waals surface area (Å²) in [7, 11) is 0. The fourth-order valence-corrected chi connectivity index (χ4v) is 5.31. The van der Waals surface area contributed by atoms with Gasteiger partial charge in [-0.15, -0.1) is 0 Å². The van der Waals surface area contributed by atoms with E-state index in [4.69, 9.17) is 28.4 Å². The van der Waals surface area contributed by atoms with Crippen molar-refractivity contribution in [3.63, 3.8) is 0 Å². The van der Waals surface area contributed by atoms with E-state index in [2.05, 4.69) is 31.9 Å². The molecule has 0 saturated heterocycles. The second kappa shape index (κ2) is 9.31. The highest BCUT2D eigenvalue weighted by Gasteiger charge is 2.29. The monoisotopic (exact) mass is 600 g/mol. The molecular weight excluding hydrogens is 584 g/mol. The number of carbonyl (C=O) groups excluding carboxylic acids is 1. The van der Waals surface area contributed by atoms with Gasteiger partial charge in [-0.3, -0.25) is 4.79 Å². The second-order valence-electron chi connectivity index (χ2n) is 8.14. The van der Waals surface area contributed by atoms with E-state index in [-0.39, 0.29) is 25.1 Å². The van der Waals surface area contributed by atoms with Gasteiger partial charge in [-0.25, -0.2) is 0 Å². The lowest BCUT2D eigenvalue weighted by molar-refractivity contribution is -0.0176. The summed E-state index contributed by atoms with van der Waals surface area (Å²) in [5.74, 6) is 2.53. The molecule has 0 aliphatic carbocycles. The quantitative estimate of drug-likeness (QED) is 0.333. The lowest BCUT2D eigenvalue weighted by Crippen LogP contribution is -2.14. The minimum Gasteiger partial charge on any atom is -0.489 e. The zero-order chi connectivity index (χ0) is 23.9. The number of carbonyl (C=O) groups is 1. The predicted molar refractivity (Wildman–Crippen MR) is 133 cm³/mol. The Morgan fingerprint density at radius 1 is 0.886 bits per heavy atom. The highest BCUT2D eigenvalue weighted by molar-refractivity contribution is 9.10. The Kier molecular flexibility index (Phi) is 6.01. The average molecular weight is 602 g/mol. The molecule has 0 aromatic heterocycles. The summed E-state index contributed by atoms with van der Waals surface area (Å²) in [5, 5.41) is 0. The van der Waals surface area contributed by atoms with Crippen LogP contribution in [0.2, 0.25) is 0 Å². The van der Waals surface area contributed by atoms with Crippen molar-refractivity contribution in [2.24, 2.45) is 0 Å². The van der Waals surface area contributed by atoms with E-state index >= 15 is 0 Å². The third-order valence-electron chi connectivity index (χ3n) is 5.78. The van der Waals surface area contributed by atoms with Crippen molar-refractivity contribution in [1.29, 1.82) is 0 Å². The second-order valence-corrected chi connectivity index (χ2v) is 9.98. The van der Waals surface area contributed by atoms with Crippen molar-refractivity contribution in [3.8, 4) is 23.0 Å². The van der Waals surface area contributed by atoms with Gasteiger partial charge in [0.1, 0.15) is 29.6 Å². The summed E-state index contributed by atoms with van der Waals surface area (Å²) >= 11 is 7.03. The maximum atomic E-state index is 13.0. The summed E-state index contributed by atoms with van der Waals surface area (Å²) in [6.45, 7) is 1.61. The molecule has 9 heteroatoms. The number of Topliss-reactive ketones (excluding diaryl/α,β-unsaturated/α-hetero) is 1. The summed E-state index contributed by atoms with van der Waals surface area (Å²) in [5.41, 5.74) is 4.00. The number of hydrogen-bond donors (Lipinski definition) is 0. The Labute approximate surface area is 217 Å². The van der Waals surface area contributed by atoms with Crippen LogP contribution in [0.1, 0.15) is 32.6 Å². The predicted octanol–water partition coefficient (Wildman–Crippen LogP) is 6.14. The zero-order valence-electron chi connectivity index (χ0n) is 18.3. The lowest BCUT2D eigenvalue weighted by atomic mass is 10.1. The Morgan fingerprint density at radius 3 is 2.40 bits per heavy atom. The topological polar surface area (TPSA) is 72.5 Å². The third kappa shape index (κ3) is 4.45. The fourth-order valence-electron chi connectivity index (χ4n) is 4.24. The summed E-state index contributed by atoms with van der Waals surface area (Å²) in [6, 6.07) is 13.0. The minimum atomic E-state index is -0.193.